The van der Waals surface area contributed by atoms with Gasteiger partial charge in [-0.05, 0) is 30.5 Å². The van der Waals surface area contributed by atoms with E-state index in [9.17, 15) is 4.39 Å². The third-order valence-electron chi connectivity index (χ3n) is 6.83. The molecule has 0 heterocycles. The molecule has 32 heavy (non-hydrogen) atoms. The second kappa shape index (κ2) is 22.3. The zero-order valence-corrected chi connectivity index (χ0v) is 22.2. The molecule has 0 saturated heterocycles. The molecule has 0 aromatic heterocycles. The highest BCUT2D eigenvalue weighted by atomic mass is 32.1. The number of rotatable bonds is 23. The normalized spacial score (nSPS) is 11.3. The van der Waals surface area contributed by atoms with Gasteiger partial charge in [-0.2, -0.15) is 0 Å². The van der Waals surface area contributed by atoms with Crippen molar-refractivity contribution in [1.29, 1.82) is 0 Å². The molecule has 2 heteroatoms. The van der Waals surface area contributed by atoms with Gasteiger partial charge in [0.2, 0.25) is 0 Å². The molecular formula is C30H53FS. The number of hydrogen-bond acceptors (Lipinski definition) is 1. The summed E-state index contributed by atoms with van der Waals surface area (Å²) in [5, 5.41) is 0. The van der Waals surface area contributed by atoms with Crippen LogP contribution in [0.15, 0.2) is 23.1 Å². The Hall–Kier alpha value is -0.500. The van der Waals surface area contributed by atoms with Crippen molar-refractivity contribution in [3.63, 3.8) is 0 Å². The Morgan fingerprint density at radius 1 is 0.531 bits per heavy atom. The minimum Gasteiger partial charge on any atom is -0.206 e. The molecule has 0 amide bonds. The highest BCUT2D eigenvalue weighted by molar-refractivity contribution is 7.80. The first-order valence-electron chi connectivity index (χ1n) is 14.2. The summed E-state index contributed by atoms with van der Waals surface area (Å²) in [6.07, 6.45) is 32.1. The molecule has 1 aromatic carbocycles. The first-order valence-corrected chi connectivity index (χ1v) is 14.7. The number of aryl methyl sites for hydroxylation is 1. The molecule has 0 fully saturated rings. The van der Waals surface area contributed by atoms with Crippen LogP contribution in [0.25, 0.3) is 0 Å². The molecule has 0 aliphatic rings. The molecule has 0 spiro atoms. The average molecular weight is 465 g/mol. The van der Waals surface area contributed by atoms with Crippen molar-refractivity contribution in [3.8, 4) is 0 Å². The maximum absolute atomic E-state index is 13.5. The maximum atomic E-state index is 13.5. The molecule has 0 unspecified atom stereocenters. The lowest BCUT2D eigenvalue weighted by Crippen LogP contribution is -1.89. The Morgan fingerprint density at radius 3 is 1.22 bits per heavy atom. The van der Waals surface area contributed by atoms with Gasteiger partial charge >= 0.3 is 0 Å². The Bertz CT molecular complexity index is 528. The molecule has 186 valence electrons. The van der Waals surface area contributed by atoms with E-state index in [1.165, 1.54) is 141 Å². The number of thiol groups is 1. The third kappa shape index (κ3) is 18.0. The summed E-state index contributed by atoms with van der Waals surface area (Å²) in [6.45, 7) is 2.29. The minimum atomic E-state index is -0.190. The van der Waals surface area contributed by atoms with Crippen molar-refractivity contribution in [2.45, 2.75) is 159 Å². The first kappa shape index (κ1) is 29.5. The molecule has 0 aliphatic heterocycles. The van der Waals surface area contributed by atoms with E-state index in [2.05, 4.69) is 19.6 Å². The Morgan fingerprint density at radius 2 is 0.875 bits per heavy atom. The van der Waals surface area contributed by atoms with E-state index in [1.54, 1.807) is 12.1 Å². The molecule has 1 aromatic rings. The van der Waals surface area contributed by atoms with Crippen molar-refractivity contribution in [2.24, 2.45) is 0 Å². The van der Waals surface area contributed by atoms with Crippen LogP contribution in [0, 0.1) is 5.82 Å². The largest absolute Gasteiger partial charge is 0.206 e. The van der Waals surface area contributed by atoms with Gasteiger partial charge in [0.1, 0.15) is 5.82 Å². The lowest BCUT2D eigenvalue weighted by molar-refractivity contribution is 0.519. The Balaban J connectivity index is 1.71. The summed E-state index contributed by atoms with van der Waals surface area (Å²) in [5.41, 5.74) is 1.11. The van der Waals surface area contributed by atoms with Gasteiger partial charge in [0.25, 0.3) is 0 Å². The summed E-state index contributed by atoms with van der Waals surface area (Å²) in [6, 6.07) is 5.41. The summed E-state index contributed by atoms with van der Waals surface area (Å²) in [5.74, 6) is -0.190. The molecule has 0 atom stereocenters. The summed E-state index contributed by atoms with van der Waals surface area (Å²) < 4.78 is 13.5. The summed E-state index contributed by atoms with van der Waals surface area (Å²) >= 11 is 4.09. The van der Waals surface area contributed by atoms with E-state index < -0.39 is 0 Å². The molecule has 0 saturated carbocycles. The molecule has 0 bridgehead atoms. The van der Waals surface area contributed by atoms with E-state index in [0.717, 1.165) is 12.0 Å². The fourth-order valence-electron chi connectivity index (χ4n) is 4.64. The molecule has 0 aliphatic carbocycles. The van der Waals surface area contributed by atoms with Gasteiger partial charge in [0.05, 0.1) is 0 Å². The van der Waals surface area contributed by atoms with Gasteiger partial charge in [0.15, 0.2) is 0 Å². The second-order valence-electron chi connectivity index (χ2n) is 9.96. The summed E-state index contributed by atoms with van der Waals surface area (Å²) in [4.78, 5) is 0.447. The lowest BCUT2D eigenvalue weighted by Gasteiger charge is -2.05. The van der Waals surface area contributed by atoms with E-state index in [0.29, 0.717) is 4.90 Å². The van der Waals surface area contributed by atoms with Crippen molar-refractivity contribution in [2.75, 3.05) is 0 Å². The maximum Gasteiger partial charge on any atom is 0.136 e. The van der Waals surface area contributed by atoms with Crippen LogP contribution in [-0.2, 0) is 6.42 Å². The van der Waals surface area contributed by atoms with E-state index in [1.807, 2.05) is 6.07 Å². The molecule has 0 N–H and O–H groups in total. The van der Waals surface area contributed by atoms with Gasteiger partial charge in [0, 0.05) is 4.90 Å². The molecule has 1 rings (SSSR count). The van der Waals surface area contributed by atoms with E-state index in [4.69, 9.17) is 0 Å². The molecular weight excluding hydrogens is 411 g/mol. The van der Waals surface area contributed by atoms with Crippen LogP contribution in [0.4, 0.5) is 4.39 Å². The third-order valence-corrected chi connectivity index (χ3v) is 7.19. The van der Waals surface area contributed by atoms with Crippen LogP contribution >= 0.6 is 12.6 Å². The van der Waals surface area contributed by atoms with Crippen molar-refractivity contribution in [3.05, 3.63) is 29.6 Å². The number of benzene rings is 1. The van der Waals surface area contributed by atoms with E-state index in [-0.39, 0.29) is 5.82 Å². The summed E-state index contributed by atoms with van der Waals surface area (Å²) in [7, 11) is 0. The highest BCUT2D eigenvalue weighted by Gasteiger charge is 2.00. The highest BCUT2D eigenvalue weighted by Crippen LogP contribution is 2.17. The van der Waals surface area contributed by atoms with Crippen molar-refractivity contribution in [1.82, 2.24) is 0 Å². The number of hydrogen-bond donors (Lipinski definition) is 1. The quantitative estimate of drug-likeness (QED) is 0.121. The van der Waals surface area contributed by atoms with Crippen LogP contribution in [0.2, 0.25) is 0 Å². The van der Waals surface area contributed by atoms with Gasteiger partial charge < -0.3 is 0 Å². The van der Waals surface area contributed by atoms with Crippen LogP contribution in [0.1, 0.15) is 154 Å². The fourth-order valence-corrected chi connectivity index (χ4v) is 4.78. The van der Waals surface area contributed by atoms with Gasteiger partial charge in [-0.25, -0.2) is 4.39 Å². The monoisotopic (exact) mass is 464 g/mol. The Labute approximate surface area is 206 Å². The minimum absolute atomic E-state index is 0.190. The number of halogens is 1. The SMILES string of the molecule is CCCCCCCCCCCCCCCCCCCCCCCCc1ccc(S)c(F)c1. The van der Waals surface area contributed by atoms with Gasteiger partial charge in [-0.15, -0.1) is 12.6 Å². The van der Waals surface area contributed by atoms with Crippen LogP contribution in [-0.4, -0.2) is 0 Å². The number of unbranched alkanes of at least 4 members (excludes halogenated alkanes) is 21. The standard InChI is InChI=1S/C30H53FS/c1-2-3-4-5-6-7-8-9-10-11-12-13-14-15-16-17-18-19-20-21-22-23-24-28-25-26-30(32)29(31)27-28/h25-27,32H,2-24H2,1H3. The van der Waals surface area contributed by atoms with Crippen LogP contribution < -0.4 is 0 Å². The predicted molar refractivity (Wildman–Crippen MR) is 145 cm³/mol. The topological polar surface area (TPSA) is 0 Å². The van der Waals surface area contributed by atoms with Crippen molar-refractivity contribution < 1.29 is 4.39 Å². The zero-order valence-electron chi connectivity index (χ0n) is 21.3. The van der Waals surface area contributed by atoms with Crippen LogP contribution in [0.5, 0.6) is 0 Å². The average Bonchev–Trinajstić information content (AvgIpc) is 2.79. The first-order chi connectivity index (χ1) is 15.7. The van der Waals surface area contributed by atoms with Crippen molar-refractivity contribution >= 4 is 12.6 Å². The van der Waals surface area contributed by atoms with Gasteiger partial charge in [-0.1, -0.05) is 148 Å². The Kier molecular flexibility index (Phi) is 20.6. The van der Waals surface area contributed by atoms with Crippen LogP contribution in [0.3, 0.4) is 0 Å². The smallest absolute Gasteiger partial charge is 0.136 e. The molecule has 0 radical (unpaired) electrons. The van der Waals surface area contributed by atoms with E-state index >= 15 is 0 Å². The molecule has 0 nitrogen and oxygen atoms in total. The van der Waals surface area contributed by atoms with Gasteiger partial charge in [-0.3, -0.25) is 0 Å². The lowest BCUT2D eigenvalue weighted by atomic mass is 10.0. The predicted octanol–water partition coefficient (Wildman–Crippen LogP) is 11.3. The second-order valence-corrected chi connectivity index (χ2v) is 10.4. The fraction of sp³-hybridized carbons (Fsp3) is 0.800. The zero-order chi connectivity index (χ0) is 23.1.